The summed E-state index contributed by atoms with van der Waals surface area (Å²) in [6.07, 6.45) is 5.55. The summed E-state index contributed by atoms with van der Waals surface area (Å²) in [5.41, 5.74) is -0.101. The summed E-state index contributed by atoms with van der Waals surface area (Å²) < 4.78 is 5.28. The molecule has 2 fully saturated rings. The second-order valence-corrected chi connectivity index (χ2v) is 7.88. The number of hydrogen-bond donors (Lipinski definition) is 1. The lowest BCUT2D eigenvalue weighted by Gasteiger charge is -2.24. The highest BCUT2D eigenvalue weighted by Crippen LogP contribution is 2.21. The molecule has 1 aromatic rings. The Morgan fingerprint density at radius 1 is 1.29 bits per heavy atom. The molecule has 2 aliphatic rings. The molecule has 1 N–H and O–H groups in total. The fourth-order valence-electron chi connectivity index (χ4n) is 3.38. The van der Waals surface area contributed by atoms with Crippen molar-refractivity contribution in [2.45, 2.75) is 76.8 Å². The van der Waals surface area contributed by atoms with Crippen LogP contribution in [0, 0.1) is 0 Å². The summed E-state index contributed by atoms with van der Waals surface area (Å²) in [4.78, 5) is 18.9. The summed E-state index contributed by atoms with van der Waals surface area (Å²) in [5, 5.41) is 7.63. The van der Waals surface area contributed by atoms with Gasteiger partial charge < -0.3 is 14.7 Å². The van der Waals surface area contributed by atoms with Gasteiger partial charge in [0.25, 0.3) is 0 Å². The number of aromatic nitrogens is 2. The largest absolute Gasteiger partial charge is 0.341 e. The number of carbonyl (C=O) groups is 1. The van der Waals surface area contributed by atoms with Gasteiger partial charge in [0.15, 0.2) is 5.82 Å². The van der Waals surface area contributed by atoms with Crippen molar-refractivity contribution < 1.29 is 9.32 Å². The zero-order chi connectivity index (χ0) is 16.4. The van der Waals surface area contributed by atoms with Gasteiger partial charge >= 0.3 is 0 Å². The minimum Gasteiger partial charge on any atom is -0.341 e. The molecule has 2 bridgehead atoms. The van der Waals surface area contributed by atoms with Crippen LogP contribution in [0.25, 0.3) is 0 Å². The number of fused-ring (bicyclic) bond motifs is 2. The summed E-state index contributed by atoms with van der Waals surface area (Å²) in [7, 11) is 0. The number of hydrogen-bond acceptors (Lipinski definition) is 5. The third-order valence-electron chi connectivity index (χ3n) is 4.80. The van der Waals surface area contributed by atoms with E-state index in [1.165, 1.54) is 12.8 Å². The Morgan fingerprint density at radius 2 is 2.04 bits per heavy atom. The number of aryl methyl sites for hydroxylation is 1. The summed E-state index contributed by atoms with van der Waals surface area (Å²) >= 11 is 0. The van der Waals surface area contributed by atoms with Crippen LogP contribution in [0.15, 0.2) is 4.52 Å². The standard InChI is InChI=1S/C17H28N4O2.ClH/c1-17(2,3)16-19-14(23-20-16)5-4-6-15(22)21-10-9-12-7-8-13(11-21)18-12;/h12-13,18H,4-11H2,1-3H3;1H. The van der Waals surface area contributed by atoms with Crippen molar-refractivity contribution in [3.8, 4) is 0 Å². The van der Waals surface area contributed by atoms with Crippen LogP contribution in [0.5, 0.6) is 0 Å². The molecular weight excluding hydrogens is 328 g/mol. The average Bonchev–Trinajstić information content (AvgIpc) is 3.05. The third-order valence-corrected chi connectivity index (χ3v) is 4.80. The molecule has 24 heavy (non-hydrogen) atoms. The molecular formula is C17H29ClN4O2. The van der Waals surface area contributed by atoms with Crippen LogP contribution in [0.3, 0.4) is 0 Å². The van der Waals surface area contributed by atoms with E-state index in [-0.39, 0.29) is 23.7 Å². The molecule has 0 saturated carbocycles. The van der Waals surface area contributed by atoms with Crippen molar-refractivity contribution >= 4 is 18.3 Å². The maximum Gasteiger partial charge on any atom is 0.226 e. The number of rotatable bonds is 4. The highest BCUT2D eigenvalue weighted by Gasteiger charge is 2.30. The Labute approximate surface area is 150 Å². The monoisotopic (exact) mass is 356 g/mol. The van der Waals surface area contributed by atoms with E-state index in [2.05, 4.69) is 36.2 Å². The lowest BCUT2D eigenvalue weighted by Crippen LogP contribution is -2.38. The first-order valence-corrected chi connectivity index (χ1v) is 8.79. The van der Waals surface area contributed by atoms with E-state index in [4.69, 9.17) is 4.52 Å². The van der Waals surface area contributed by atoms with E-state index < -0.39 is 0 Å². The van der Waals surface area contributed by atoms with E-state index >= 15 is 0 Å². The summed E-state index contributed by atoms with van der Waals surface area (Å²) in [6, 6.07) is 1.11. The van der Waals surface area contributed by atoms with Crippen molar-refractivity contribution in [1.29, 1.82) is 0 Å². The summed E-state index contributed by atoms with van der Waals surface area (Å²) in [6.45, 7) is 7.94. The highest BCUT2D eigenvalue weighted by atomic mass is 35.5. The van der Waals surface area contributed by atoms with Crippen molar-refractivity contribution in [2.75, 3.05) is 13.1 Å². The first-order valence-electron chi connectivity index (χ1n) is 8.79. The van der Waals surface area contributed by atoms with Crippen molar-refractivity contribution in [3.63, 3.8) is 0 Å². The van der Waals surface area contributed by atoms with E-state index in [0.29, 0.717) is 30.8 Å². The van der Waals surface area contributed by atoms with Crippen LogP contribution >= 0.6 is 12.4 Å². The number of carbonyl (C=O) groups excluding carboxylic acids is 1. The predicted octanol–water partition coefficient (Wildman–Crippen LogP) is 2.46. The zero-order valence-electron chi connectivity index (χ0n) is 14.9. The lowest BCUT2D eigenvalue weighted by molar-refractivity contribution is -0.131. The van der Waals surface area contributed by atoms with Crippen LogP contribution in [0.4, 0.5) is 0 Å². The van der Waals surface area contributed by atoms with Gasteiger partial charge in [-0.05, 0) is 25.7 Å². The molecule has 0 radical (unpaired) electrons. The van der Waals surface area contributed by atoms with Crippen molar-refractivity contribution in [3.05, 3.63) is 11.7 Å². The number of amides is 1. The first kappa shape index (κ1) is 19.2. The van der Waals surface area contributed by atoms with Gasteiger partial charge in [-0.15, -0.1) is 12.4 Å². The summed E-state index contributed by atoms with van der Waals surface area (Å²) in [5.74, 6) is 1.63. The molecule has 6 nitrogen and oxygen atoms in total. The molecule has 2 atom stereocenters. The fourth-order valence-corrected chi connectivity index (χ4v) is 3.38. The maximum absolute atomic E-state index is 12.4. The van der Waals surface area contributed by atoms with Crippen molar-refractivity contribution in [1.82, 2.24) is 20.4 Å². The van der Waals surface area contributed by atoms with E-state index in [1.54, 1.807) is 0 Å². The smallest absolute Gasteiger partial charge is 0.226 e. The second kappa shape index (κ2) is 7.83. The lowest BCUT2D eigenvalue weighted by atomic mass is 9.96. The molecule has 2 unspecified atom stereocenters. The maximum atomic E-state index is 12.4. The van der Waals surface area contributed by atoms with Gasteiger partial charge in [0.1, 0.15) is 0 Å². The number of likely N-dealkylation sites (tertiary alicyclic amines) is 1. The molecule has 0 aliphatic carbocycles. The van der Waals surface area contributed by atoms with Gasteiger partial charge in [0.2, 0.25) is 11.8 Å². The average molecular weight is 357 g/mol. The van der Waals surface area contributed by atoms with Gasteiger partial charge in [-0.25, -0.2) is 0 Å². The molecule has 7 heteroatoms. The SMILES string of the molecule is CC(C)(C)c1noc(CCCC(=O)N2CCC3CCC(C2)N3)n1.Cl. The topological polar surface area (TPSA) is 71.3 Å². The van der Waals surface area contributed by atoms with Gasteiger partial charge in [-0.2, -0.15) is 4.98 Å². The van der Waals surface area contributed by atoms with Crippen LogP contribution in [-0.2, 0) is 16.6 Å². The fraction of sp³-hybridized carbons (Fsp3) is 0.824. The van der Waals surface area contributed by atoms with E-state index in [9.17, 15) is 4.79 Å². The molecule has 3 rings (SSSR count). The molecule has 136 valence electrons. The number of nitrogens with one attached hydrogen (secondary N) is 1. The quantitative estimate of drug-likeness (QED) is 0.897. The normalized spacial score (nSPS) is 23.7. The Morgan fingerprint density at radius 3 is 2.75 bits per heavy atom. The van der Waals surface area contributed by atoms with Gasteiger partial charge in [0, 0.05) is 43.4 Å². The third kappa shape index (κ3) is 4.70. The molecule has 0 aromatic carbocycles. The number of halogens is 1. The van der Waals surface area contributed by atoms with Crippen LogP contribution in [-0.4, -0.2) is 46.1 Å². The van der Waals surface area contributed by atoms with Gasteiger partial charge in [-0.3, -0.25) is 4.79 Å². The van der Waals surface area contributed by atoms with Crippen LogP contribution in [0.2, 0.25) is 0 Å². The molecule has 0 spiro atoms. The number of nitrogens with zero attached hydrogens (tertiary/aromatic N) is 3. The first-order chi connectivity index (χ1) is 10.9. The van der Waals surface area contributed by atoms with Gasteiger partial charge in [-0.1, -0.05) is 25.9 Å². The van der Waals surface area contributed by atoms with E-state index in [0.717, 1.165) is 31.8 Å². The zero-order valence-corrected chi connectivity index (χ0v) is 15.7. The molecule has 2 aliphatic heterocycles. The highest BCUT2D eigenvalue weighted by molar-refractivity contribution is 5.85. The van der Waals surface area contributed by atoms with Crippen LogP contribution in [0.1, 0.15) is 64.6 Å². The molecule has 3 heterocycles. The Balaban J connectivity index is 0.00000208. The molecule has 1 amide bonds. The Hall–Kier alpha value is -1.14. The minimum absolute atomic E-state index is 0. The molecule has 2 saturated heterocycles. The molecule has 1 aromatic heterocycles. The predicted molar refractivity (Wildman–Crippen MR) is 94.3 cm³/mol. The van der Waals surface area contributed by atoms with E-state index in [1.807, 2.05) is 4.90 Å². The Bertz CT molecular complexity index is 555. The second-order valence-electron chi connectivity index (χ2n) is 7.88. The minimum atomic E-state index is -0.101. The van der Waals surface area contributed by atoms with Crippen LogP contribution < -0.4 is 5.32 Å². The van der Waals surface area contributed by atoms with Crippen molar-refractivity contribution in [2.24, 2.45) is 0 Å². The van der Waals surface area contributed by atoms with Gasteiger partial charge in [0.05, 0.1) is 0 Å². The Kier molecular flexibility index (Phi) is 6.26.